The molecule has 0 spiro atoms. The number of ketones is 1. The van der Waals surface area contributed by atoms with E-state index in [1.54, 1.807) is 4.90 Å². The van der Waals surface area contributed by atoms with Gasteiger partial charge in [0.1, 0.15) is 11.0 Å². The Kier molecular flexibility index (Phi) is 9.25. The van der Waals surface area contributed by atoms with E-state index in [9.17, 15) is 14.0 Å². The lowest BCUT2D eigenvalue weighted by atomic mass is 9.59. The molecule has 5 nitrogen and oxygen atoms in total. The van der Waals surface area contributed by atoms with Gasteiger partial charge in [-0.2, -0.15) is 0 Å². The van der Waals surface area contributed by atoms with Gasteiger partial charge in [-0.25, -0.2) is 4.39 Å². The Morgan fingerprint density at radius 2 is 1.77 bits per heavy atom. The summed E-state index contributed by atoms with van der Waals surface area (Å²) in [5.74, 6) is -1.19. The maximum absolute atomic E-state index is 14.3. The summed E-state index contributed by atoms with van der Waals surface area (Å²) in [5, 5.41) is 7.51. The number of hydrogen-bond acceptors (Lipinski definition) is 4. The van der Waals surface area contributed by atoms with Crippen molar-refractivity contribution < 1.29 is 14.0 Å². The summed E-state index contributed by atoms with van der Waals surface area (Å²) in [6.07, 6.45) is 9.40. The molecule has 5 atom stereocenters. The Hall–Kier alpha value is -1.37. The average Bonchev–Trinajstić information content (AvgIpc) is 3.60. The van der Waals surface area contributed by atoms with Gasteiger partial charge in [-0.1, -0.05) is 57.8 Å². The minimum Gasteiger partial charge on any atom is -0.362 e. The van der Waals surface area contributed by atoms with E-state index in [1.807, 2.05) is 11.9 Å². The fraction of sp³-hybridized carbons (Fsp3) is 0.710. The van der Waals surface area contributed by atoms with Gasteiger partial charge < -0.3 is 15.2 Å². The highest BCUT2D eigenvalue weighted by atomic mass is 35.5. The second-order valence-electron chi connectivity index (χ2n) is 13.6. The van der Waals surface area contributed by atoms with Crippen LogP contribution in [0.4, 0.5) is 4.39 Å². The Labute approximate surface area is 253 Å². The molecule has 4 unspecified atom stereocenters. The third-order valence-electron chi connectivity index (χ3n) is 10.8. The van der Waals surface area contributed by atoms with Crippen molar-refractivity contribution in [2.24, 2.45) is 34.5 Å². The van der Waals surface area contributed by atoms with Crippen LogP contribution < -0.4 is 0 Å². The number of alkyl halides is 1. The van der Waals surface area contributed by atoms with Gasteiger partial charge in [0.2, 0.25) is 0 Å². The van der Waals surface area contributed by atoms with Crippen molar-refractivity contribution in [1.29, 1.82) is 5.41 Å². The van der Waals surface area contributed by atoms with E-state index >= 15 is 0 Å². The van der Waals surface area contributed by atoms with Crippen LogP contribution in [0.15, 0.2) is 33.7 Å². The third kappa shape index (κ3) is 5.79. The number of allylic oxidation sites excluding steroid dienone is 4. The van der Waals surface area contributed by atoms with Gasteiger partial charge in [-0.3, -0.25) is 9.59 Å². The van der Waals surface area contributed by atoms with Crippen molar-refractivity contribution in [2.45, 2.75) is 90.6 Å². The summed E-state index contributed by atoms with van der Waals surface area (Å²) in [6.45, 7) is 11.0. The predicted octanol–water partition coefficient (Wildman–Crippen LogP) is 7.67. The number of amides is 1. The summed E-state index contributed by atoms with van der Waals surface area (Å²) >= 11 is 19.5. The summed E-state index contributed by atoms with van der Waals surface area (Å²) in [7, 11) is 1.88. The molecule has 40 heavy (non-hydrogen) atoms. The second-order valence-corrected chi connectivity index (χ2v) is 14.9. The zero-order chi connectivity index (χ0) is 29.7. The molecule has 0 bridgehead atoms. The lowest BCUT2D eigenvalue weighted by molar-refractivity contribution is -0.134. The van der Waals surface area contributed by atoms with Crippen molar-refractivity contribution in [2.75, 3.05) is 13.6 Å². The van der Waals surface area contributed by atoms with E-state index in [-0.39, 0.29) is 62.8 Å². The first-order chi connectivity index (χ1) is 18.6. The SMILES string of the molecule is CC1CCC(N(C)/C(Cl)=C(\C=N)C(=O)N(CC(=O)C2C(Cl)=CC(F)=CC2Cl)C2C3CCC(C)(C)C(C)(C)[C@H]32)CC1. The Bertz CT molecular complexity index is 1140. The van der Waals surface area contributed by atoms with Crippen LogP contribution in [0.25, 0.3) is 0 Å². The highest BCUT2D eigenvalue weighted by molar-refractivity contribution is 6.35. The number of halogens is 4. The van der Waals surface area contributed by atoms with Gasteiger partial charge in [0.25, 0.3) is 5.91 Å². The summed E-state index contributed by atoms with van der Waals surface area (Å²) < 4.78 is 13.9. The van der Waals surface area contributed by atoms with Crippen LogP contribution >= 0.6 is 34.8 Å². The Balaban J connectivity index is 1.67. The number of hydrogen-bond donors (Lipinski definition) is 1. The van der Waals surface area contributed by atoms with Crippen molar-refractivity contribution in [1.82, 2.24) is 9.80 Å². The molecule has 0 aromatic carbocycles. The molecular formula is C31H43Cl3FN3O2. The van der Waals surface area contributed by atoms with Crippen LogP contribution in [0.5, 0.6) is 0 Å². The first-order valence-electron chi connectivity index (χ1n) is 14.5. The van der Waals surface area contributed by atoms with Gasteiger partial charge >= 0.3 is 0 Å². The standard InChI is InChI=1S/C31H43Cl3FN3O2/c1-17-7-9-19(10-8-17)37(6)28(34)21(15-36)29(40)38(16-24(39)25-22(32)13-18(35)14-23(25)33)27-20-11-12-30(2,3)31(4,5)26(20)27/h13-15,17,19-20,22,25-27,36H,7-12,16H2,1-6H3/b28-21+,36-15?/t17?,19?,20?,22?,25?,26-,27?/m1/s1. The first kappa shape index (κ1) is 31.6. The van der Waals surface area contributed by atoms with Crippen LogP contribution in [-0.4, -0.2) is 58.8 Å². The molecule has 0 aromatic heterocycles. The van der Waals surface area contributed by atoms with Gasteiger partial charge in [0.15, 0.2) is 5.78 Å². The van der Waals surface area contributed by atoms with Crippen LogP contribution in [0.3, 0.4) is 0 Å². The minimum absolute atomic E-state index is 0.0270. The Morgan fingerprint density at radius 3 is 2.35 bits per heavy atom. The van der Waals surface area contributed by atoms with Gasteiger partial charge in [-0.05, 0) is 79.3 Å². The summed E-state index contributed by atoms with van der Waals surface area (Å²) in [5.41, 5.74) is 0.0749. The number of fused-ring (bicyclic) bond motifs is 1. The molecule has 0 saturated heterocycles. The molecule has 3 fully saturated rings. The predicted molar refractivity (Wildman–Crippen MR) is 161 cm³/mol. The number of nitrogens with one attached hydrogen (secondary N) is 1. The van der Waals surface area contributed by atoms with E-state index in [1.165, 1.54) is 6.08 Å². The molecule has 4 aliphatic rings. The van der Waals surface area contributed by atoms with Gasteiger partial charge in [0, 0.05) is 30.4 Å². The zero-order valence-corrected chi connectivity index (χ0v) is 26.7. The number of carbonyl (C=O) groups excluding carboxylic acids is 2. The molecule has 222 valence electrons. The van der Waals surface area contributed by atoms with Crippen LogP contribution in [0.2, 0.25) is 0 Å². The molecule has 1 amide bonds. The van der Waals surface area contributed by atoms with E-state index in [4.69, 9.17) is 40.2 Å². The van der Waals surface area contributed by atoms with Crippen molar-refractivity contribution >= 4 is 52.7 Å². The monoisotopic (exact) mass is 613 g/mol. The van der Waals surface area contributed by atoms with Gasteiger partial charge in [-0.15, -0.1) is 11.6 Å². The molecule has 9 heteroatoms. The molecule has 4 aliphatic carbocycles. The van der Waals surface area contributed by atoms with Crippen LogP contribution in [0, 0.1) is 39.9 Å². The first-order valence-corrected chi connectivity index (χ1v) is 15.7. The highest BCUT2D eigenvalue weighted by Gasteiger charge is 2.67. The van der Waals surface area contributed by atoms with E-state index in [0.717, 1.165) is 50.8 Å². The van der Waals surface area contributed by atoms with E-state index in [0.29, 0.717) is 5.92 Å². The molecule has 1 N–H and O–H groups in total. The number of rotatable bonds is 8. The Morgan fingerprint density at radius 1 is 1.15 bits per heavy atom. The minimum atomic E-state index is -0.946. The fourth-order valence-electron chi connectivity index (χ4n) is 7.32. The second kappa shape index (κ2) is 11.7. The van der Waals surface area contributed by atoms with E-state index < -0.39 is 23.0 Å². The van der Waals surface area contributed by atoms with Crippen molar-refractivity contribution in [3.05, 3.63) is 33.7 Å². The molecule has 0 heterocycles. The van der Waals surface area contributed by atoms with Crippen molar-refractivity contribution in [3.63, 3.8) is 0 Å². The lowest BCUT2D eigenvalue weighted by Crippen LogP contribution is -2.45. The normalized spacial score (nSPS) is 34.9. The largest absolute Gasteiger partial charge is 0.362 e. The van der Waals surface area contributed by atoms with Gasteiger partial charge in [0.05, 0.1) is 23.4 Å². The summed E-state index contributed by atoms with van der Waals surface area (Å²) in [4.78, 5) is 31.5. The van der Waals surface area contributed by atoms with E-state index in [2.05, 4.69) is 34.6 Å². The smallest absolute Gasteiger partial charge is 0.259 e. The van der Waals surface area contributed by atoms with Crippen LogP contribution in [0.1, 0.15) is 73.1 Å². The average molecular weight is 615 g/mol. The van der Waals surface area contributed by atoms with Crippen molar-refractivity contribution in [3.8, 4) is 0 Å². The number of nitrogens with zero attached hydrogens (tertiary/aromatic N) is 2. The molecule has 3 saturated carbocycles. The maximum atomic E-state index is 14.3. The number of carbonyl (C=O) groups is 2. The summed E-state index contributed by atoms with van der Waals surface area (Å²) in [6, 6.07) is 0.0236. The number of Topliss-reactive ketones (excluding diaryl/α,β-unsaturated/α-hetero) is 1. The fourth-order valence-corrected chi connectivity index (χ4v) is 8.41. The van der Waals surface area contributed by atoms with Crippen LogP contribution in [-0.2, 0) is 9.59 Å². The molecule has 0 aromatic rings. The quantitative estimate of drug-likeness (QED) is 0.132. The molecule has 0 radical (unpaired) electrons. The molecule has 4 rings (SSSR count). The third-order valence-corrected chi connectivity index (χ3v) is 11.9. The topological polar surface area (TPSA) is 64.5 Å². The maximum Gasteiger partial charge on any atom is 0.259 e. The highest BCUT2D eigenvalue weighted by Crippen LogP contribution is 2.67. The lowest BCUT2D eigenvalue weighted by Gasteiger charge is -2.46. The zero-order valence-electron chi connectivity index (χ0n) is 24.4. The molecular weight excluding hydrogens is 572 g/mol. The molecule has 0 aliphatic heterocycles.